The van der Waals surface area contributed by atoms with Gasteiger partial charge in [-0.15, -0.1) is 0 Å². The number of piperazine rings is 1. The van der Waals surface area contributed by atoms with Gasteiger partial charge in [0.1, 0.15) is 13.2 Å². The molecule has 2 heterocycles. The van der Waals surface area contributed by atoms with Crippen LogP contribution in [0.15, 0.2) is 12.3 Å². The number of carbonyl (C=O) groups is 1. The Morgan fingerprint density at radius 1 is 1.29 bits per heavy atom. The average Bonchev–Trinajstić information content (AvgIpc) is 2.54. The molecule has 0 bridgehead atoms. The maximum atomic E-state index is 12.0. The van der Waals surface area contributed by atoms with Gasteiger partial charge in [0.15, 0.2) is 0 Å². The molecule has 0 aliphatic carbocycles. The van der Waals surface area contributed by atoms with Crippen LogP contribution in [0.4, 0.5) is 19.1 Å². The summed E-state index contributed by atoms with van der Waals surface area (Å²) in [6.07, 6.45) is -2.84. The van der Waals surface area contributed by atoms with E-state index in [4.69, 9.17) is 4.74 Å². The topological polar surface area (TPSA) is 67.8 Å². The number of hydrogen-bond acceptors (Lipinski definition) is 6. The minimum Gasteiger partial charge on any atom is -0.478 e. The zero-order valence-electron chi connectivity index (χ0n) is 13.3. The molecule has 0 saturated carbocycles. The van der Waals surface area contributed by atoms with Crippen LogP contribution in [0.5, 0.6) is 5.88 Å². The van der Waals surface area contributed by atoms with Gasteiger partial charge >= 0.3 is 6.18 Å². The minimum atomic E-state index is -4.43. The highest BCUT2D eigenvalue weighted by atomic mass is 19.4. The van der Waals surface area contributed by atoms with E-state index >= 15 is 0 Å². The first-order valence-corrected chi connectivity index (χ1v) is 7.52. The molecule has 1 aromatic heterocycles. The van der Waals surface area contributed by atoms with Crippen LogP contribution in [0.25, 0.3) is 0 Å². The van der Waals surface area contributed by atoms with Crippen molar-refractivity contribution in [1.82, 2.24) is 14.9 Å². The van der Waals surface area contributed by atoms with E-state index in [2.05, 4.69) is 14.7 Å². The van der Waals surface area contributed by atoms with Gasteiger partial charge in [-0.05, 0) is 6.92 Å². The maximum Gasteiger partial charge on any atom is 0.411 e. The number of anilines is 1. The van der Waals surface area contributed by atoms with Crippen molar-refractivity contribution < 1.29 is 27.4 Å². The number of carbonyl (C=O) groups excluding carboxylic acids is 1. The van der Waals surface area contributed by atoms with Crippen LogP contribution in [-0.2, 0) is 9.53 Å². The first kappa shape index (κ1) is 18.2. The Morgan fingerprint density at radius 3 is 2.62 bits per heavy atom. The van der Waals surface area contributed by atoms with Crippen LogP contribution in [0.3, 0.4) is 0 Å². The van der Waals surface area contributed by atoms with Gasteiger partial charge < -0.3 is 19.3 Å². The van der Waals surface area contributed by atoms with Crippen LogP contribution in [0.2, 0.25) is 0 Å². The summed E-state index contributed by atoms with van der Waals surface area (Å²) >= 11 is 0. The molecule has 0 atom stereocenters. The number of aromatic nitrogens is 2. The van der Waals surface area contributed by atoms with Crippen molar-refractivity contribution in [2.45, 2.75) is 13.1 Å². The van der Waals surface area contributed by atoms with Gasteiger partial charge in [0, 0.05) is 38.4 Å². The number of halogens is 3. The monoisotopic (exact) mass is 348 g/mol. The molecule has 0 spiro atoms. The summed E-state index contributed by atoms with van der Waals surface area (Å²) in [4.78, 5) is 23.6. The smallest absolute Gasteiger partial charge is 0.411 e. The summed E-state index contributed by atoms with van der Waals surface area (Å²) in [5, 5.41) is 0. The van der Waals surface area contributed by atoms with Crippen LogP contribution >= 0.6 is 0 Å². The molecule has 1 aliphatic rings. The largest absolute Gasteiger partial charge is 0.478 e. The summed E-state index contributed by atoms with van der Waals surface area (Å²) in [7, 11) is 0. The lowest BCUT2D eigenvalue weighted by atomic mass is 10.3. The number of alkyl halides is 3. The molecule has 1 saturated heterocycles. The lowest BCUT2D eigenvalue weighted by molar-refractivity contribution is -0.177. The number of ether oxygens (including phenoxy) is 2. The first-order valence-electron chi connectivity index (χ1n) is 7.52. The molecule has 0 unspecified atom stereocenters. The molecule has 1 aromatic rings. The van der Waals surface area contributed by atoms with E-state index in [1.165, 1.54) is 4.90 Å². The molecule has 24 heavy (non-hydrogen) atoms. The van der Waals surface area contributed by atoms with E-state index in [-0.39, 0.29) is 0 Å². The summed E-state index contributed by atoms with van der Waals surface area (Å²) in [6, 6.07) is 1.66. The zero-order valence-corrected chi connectivity index (χ0v) is 13.3. The van der Waals surface area contributed by atoms with Gasteiger partial charge in [-0.2, -0.15) is 18.2 Å². The van der Waals surface area contributed by atoms with Crippen molar-refractivity contribution in [2.75, 3.05) is 50.9 Å². The Bertz CT molecular complexity index is 548. The van der Waals surface area contributed by atoms with Crippen molar-refractivity contribution in [2.24, 2.45) is 0 Å². The highest BCUT2D eigenvalue weighted by molar-refractivity contribution is 5.77. The van der Waals surface area contributed by atoms with Gasteiger partial charge in [-0.25, -0.2) is 4.98 Å². The van der Waals surface area contributed by atoms with Crippen LogP contribution < -0.4 is 9.64 Å². The molecule has 2 rings (SSSR count). The second kappa shape index (κ2) is 8.13. The number of nitrogens with zero attached hydrogens (tertiary/aromatic N) is 4. The van der Waals surface area contributed by atoms with Crippen LogP contribution in [0, 0.1) is 0 Å². The van der Waals surface area contributed by atoms with Crippen molar-refractivity contribution in [3.63, 3.8) is 0 Å². The molecule has 0 radical (unpaired) electrons. The fraction of sp³-hybridized carbons (Fsp3) is 0.643. The Labute approximate surface area is 137 Å². The van der Waals surface area contributed by atoms with Gasteiger partial charge in [0.2, 0.25) is 17.7 Å². The summed E-state index contributed by atoms with van der Waals surface area (Å²) in [6.45, 7) is 2.07. The van der Waals surface area contributed by atoms with Gasteiger partial charge in [0.25, 0.3) is 0 Å². The van der Waals surface area contributed by atoms with E-state index in [1.807, 2.05) is 11.8 Å². The second-order valence-electron chi connectivity index (χ2n) is 5.10. The summed E-state index contributed by atoms with van der Waals surface area (Å²) in [5.74, 6) is 0.519. The number of amides is 1. The Hall–Kier alpha value is -2.10. The van der Waals surface area contributed by atoms with E-state index in [9.17, 15) is 18.0 Å². The number of rotatable bonds is 6. The first-order chi connectivity index (χ1) is 11.4. The summed E-state index contributed by atoms with van der Waals surface area (Å²) in [5.41, 5.74) is 0. The average molecular weight is 348 g/mol. The van der Waals surface area contributed by atoms with E-state index in [0.29, 0.717) is 44.6 Å². The lowest BCUT2D eigenvalue weighted by Gasteiger charge is -2.34. The third-order valence-electron chi connectivity index (χ3n) is 3.32. The SMILES string of the molecule is CCOc1ccnc(N2CCN(C(=O)COCC(F)(F)F)CC2)n1. The molecule has 10 heteroatoms. The van der Waals surface area contributed by atoms with E-state index in [1.54, 1.807) is 12.3 Å². The van der Waals surface area contributed by atoms with Crippen molar-refractivity contribution in [3.8, 4) is 5.88 Å². The van der Waals surface area contributed by atoms with Crippen molar-refractivity contribution >= 4 is 11.9 Å². The predicted molar refractivity (Wildman–Crippen MR) is 78.9 cm³/mol. The van der Waals surface area contributed by atoms with Crippen molar-refractivity contribution in [3.05, 3.63) is 12.3 Å². The fourth-order valence-corrected chi connectivity index (χ4v) is 2.21. The highest BCUT2D eigenvalue weighted by Crippen LogP contribution is 2.16. The lowest BCUT2D eigenvalue weighted by Crippen LogP contribution is -2.50. The normalized spacial score (nSPS) is 15.5. The van der Waals surface area contributed by atoms with Crippen molar-refractivity contribution in [1.29, 1.82) is 0 Å². The molecule has 1 amide bonds. The van der Waals surface area contributed by atoms with E-state index in [0.717, 1.165) is 0 Å². The third kappa shape index (κ3) is 5.52. The molecule has 1 aliphatic heterocycles. The molecule has 1 fully saturated rings. The molecular weight excluding hydrogens is 329 g/mol. The van der Waals surface area contributed by atoms with Gasteiger partial charge in [-0.3, -0.25) is 4.79 Å². The summed E-state index contributed by atoms with van der Waals surface area (Å²) < 4.78 is 45.7. The zero-order chi connectivity index (χ0) is 17.6. The number of hydrogen-bond donors (Lipinski definition) is 0. The molecule has 7 nitrogen and oxygen atoms in total. The van der Waals surface area contributed by atoms with Crippen LogP contribution in [-0.4, -0.2) is 73.0 Å². The maximum absolute atomic E-state index is 12.0. The molecule has 0 N–H and O–H groups in total. The quantitative estimate of drug-likeness (QED) is 0.767. The highest BCUT2D eigenvalue weighted by Gasteiger charge is 2.29. The second-order valence-corrected chi connectivity index (χ2v) is 5.10. The molecular formula is C14H19F3N4O3. The van der Waals surface area contributed by atoms with Gasteiger partial charge in [0.05, 0.1) is 6.61 Å². The predicted octanol–water partition coefficient (Wildman–Crippen LogP) is 1.10. The Balaban J connectivity index is 1.80. The molecule has 0 aromatic carbocycles. The Morgan fingerprint density at radius 2 is 2.00 bits per heavy atom. The standard InChI is InChI=1S/C14H19F3N4O3/c1-2-24-11-3-4-18-13(19-11)21-7-5-20(6-8-21)12(22)9-23-10-14(15,16)17/h3-4H,2,5-10H2,1H3. The fourth-order valence-electron chi connectivity index (χ4n) is 2.21. The third-order valence-corrected chi connectivity index (χ3v) is 3.32. The van der Waals surface area contributed by atoms with Gasteiger partial charge in [-0.1, -0.05) is 0 Å². The molecule has 134 valence electrons. The van der Waals surface area contributed by atoms with Crippen LogP contribution in [0.1, 0.15) is 6.92 Å². The van der Waals surface area contributed by atoms with E-state index < -0.39 is 25.3 Å². The Kier molecular flexibility index (Phi) is 6.18. The minimum absolute atomic E-state index is 0.371.